The molecule has 1 aliphatic heterocycles. The number of carbonyl (C=O) groups is 1. The van der Waals surface area contributed by atoms with E-state index in [0.29, 0.717) is 6.42 Å². The fourth-order valence-electron chi connectivity index (χ4n) is 2.49. The highest BCUT2D eigenvalue weighted by Gasteiger charge is 2.27. The zero-order valence-electron chi connectivity index (χ0n) is 10.7. The average molecular weight is 248 g/mol. The smallest absolute Gasteiger partial charge is 0.326 e. The Morgan fingerprint density at radius 3 is 3.00 bits per heavy atom. The summed E-state index contributed by atoms with van der Waals surface area (Å²) < 4.78 is 0. The average Bonchev–Trinajstić information content (AvgIpc) is 2.58. The number of anilines is 1. The van der Waals surface area contributed by atoms with Crippen molar-refractivity contribution in [3.63, 3.8) is 0 Å². The molecule has 0 spiro atoms. The molecular weight excluding hydrogens is 228 g/mol. The minimum atomic E-state index is -0.728. The normalized spacial score (nSPS) is 16.8. The van der Waals surface area contributed by atoms with Crippen LogP contribution in [-0.4, -0.2) is 30.2 Å². The first kappa shape index (κ1) is 12.9. The summed E-state index contributed by atoms with van der Waals surface area (Å²) in [5.41, 5.74) is 2.24. The number of fused-ring (bicyclic) bond motifs is 1. The Hall–Kier alpha value is -1.55. The lowest BCUT2D eigenvalue weighted by Gasteiger charge is -2.30. The number of hydrogen-bond donors (Lipinski definition) is 2. The molecule has 1 aromatic rings. The molecule has 1 atom stereocenters. The Balaban J connectivity index is 2.33. The molecule has 2 N–H and O–H groups in total. The highest BCUT2D eigenvalue weighted by atomic mass is 16.4. The van der Waals surface area contributed by atoms with Gasteiger partial charge in [-0.25, -0.2) is 4.79 Å². The van der Waals surface area contributed by atoms with Crippen molar-refractivity contribution < 1.29 is 9.90 Å². The van der Waals surface area contributed by atoms with Crippen LogP contribution >= 0.6 is 0 Å². The van der Waals surface area contributed by atoms with E-state index in [1.54, 1.807) is 0 Å². The van der Waals surface area contributed by atoms with Crippen molar-refractivity contribution in [3.05, 3.63) is 29.8 Å². The Morgan fingerprint density at radius 2 is 2.28 bits per heavy atom. The van der Waals surface area contributed by atoms with Crippen molar-refractivity contribution in [2.45, 2.75) is 32.4 Å². The van der Waals surface area contributed by atoms with Crippen LogP contribution in [0.1, 0.15) is 25.3 Å². The van der Waals surface area contributed by atoms with Crippen molar-refractivity contribution in [2.75, 3.05) is 18.0 Å². The van der Waals surface area contributed by atoms with Crippen LogP contribution in [0.3, 0.4) is 0 Å². The SMILES string of the molecule is CCCC(C(=O)O)N1CCNCc2ccccc21. The molecule has 0 amide bonds. The number of benzene rings is 1. The van der Waals surface area contributed by atoms with Gasteiger partial charge in [0.05, 0.1) is 0 Å². The van der Waals surface area contributed by atoms with Gasteiger partial charge in [-0.15, -0.1) is 0 Å². The lowest BCUT2D eigenvalue weighted by atomic mass is 10.1. The van der Waals surface area contributed by atoms with Crippen molar-refractivity contribution >= 4 is 11.7 Å². The Kier molecular flexibility index (Phi) is 4.20. The van der Waals surface area contributed by atoms with E-state index in [0.717, 1.165) is 31.7 Å². The Bertz CT molecular complexity index is 420. The van der Waals surface area contributed by atoms with E-state index in [1.165, 1.54) is 5.56 Å². The van der Waals surface area contributed by atoms with Crippen molar-refractivity contribution in [1.29, 1.82) is 0 Å². The van der Waals surface area contributed by atoms with Crippen molar-refractivity contribution in [2.24, 2.45) is 0 Å². The van der Waals surface area contributed by atoms with E-state index >= 15 is 0 Å². The molecule has 1 unspecified atom stereocenters. The quantitative estimate of drug-likeness (QED) is 0.854. The molecule has 18 heavy (non-hydrogen) atoms. The van der Waals surface area contributed by atoms with Gasteiger partial charge in [0.1, 0.15) is 6.04 Å². The molecule has 1 aliphatic rings. The van der Waals surface area contributed by atoms with Gasteiger partial charge in [-0.3, -0.25) is 0 Å². The first-order valence-corrected chi connectivity index (χ1v) is 6.52. The van der Waals surface area contributed by atoms with Crippen LogP contribution < -0.4 is 10.2 Å². The predicted molar refractivity (Wildman–Crippen MR) is 71.8 cm³/mol. The van der Waals surface area contributed by atoms with Crippen molar-refractivity contribution in [3.8, 4) is 0 Å². The van der Waals surface area contributed by atoms with Crippen LogP contribution in [-0.2, 0) is 11.3 Å². The molecule has 0 fully saturated rings. The third kappa shape index (κ3) is 2.64. The summed E-state index contributed by atoms with van der Waals surface area (Å²) in [6.45, 7) is 4.40. The van der Waals surface area contributed by atoms with Crippen molar-refractivity contribution in [1.82, 2.24) is 5.32 Å². The van der Waals surface area contributed by atoms with Gasteiger partial charge >= 0.3 is 5.97 Å². The van der Waals surface area contributed by atoms with Crippen LogP contribution in [0.5, 0.6) is 0 Å². The molecule has 2 rings (SSSR count). The number of hydrogen-bond acceptors (Lipinski definition) is 3. The monoisotopic (exact) mass is 248 g/mol. The molecule has 4 heteroatoms. The number of carboxylic acid groups (broad SMARTS) is 1. The molecule has 98 valence electrons. The van der Waals surface area contributed by atoms with Gasteiger partial charge in [-0.2, -0.15) is 0 Å². The number of aliphatic carboxylic acids is 1. The summed E-state index contributed by atoms with van der Waals surface area (Å²) in [4.78, 5) is 13.5. The minimum Gasteiger partial charge on any atom is -0.480 e. The van der Waals surface area contributed by atoms with Crippen LogP contribution in [0, 0.1) is 0 Å². The highest BCUT2D eigenvalue weighted by molar-refractivity contribution is 5.79. The minimum absolute atomic E-state index is 0.420. The van der Waals surface area contributed by atoms with Crippen LogP contribution in [0.25, 0.3) is 0 Å². The molecule has 0 radical (unpaired) electrons. The molecule has 1 aromatic carbocycles. The number of rotatable bonds is 4. The molecular formula is C14H20N2O2. The largest absolute Gasteiger partial charge is 0.480 e. The van der Waals surface area contributed by atoms with E-state index in [2.05, 4.69) is 11.4 Å². The first-order valence-electron chi connectivity index (χ1n) is 6.52. The molecule has 0 saturated carbocycles. The molecule has 0 aliphatic carbocycles. The number of carboxylic acids is 1. The van der Waals surface area contributed by atoms with Crippen LogP contribution in [0.15, 0.2) is 24.3 Å². The van der Waals surface area contributed by atoms with Crippen LogP contribution in [0.2, 0.25) is 0 Å². The fourth-order valence-corrected chi connectivity index (χ4v) is 2.49. The summed E-state index contributed by atoms with van der Waals surface area (Å²) in [7, 11) is 0. The third-order valence-corrected chi connectivity index (χ3v) is 3.37. The maximum atomic E-state index is 11.4. The molecule has 0 aromatic heterocycles. The molecule has 0 saturated heterocycles. The van der Waals surface area contributed by atoms with E-state index in [9.17, 15) is 9.90 Å². The number of nitrogens with zero attached hydrogens (tertiary/aromatic N) is 1. The summed E-state index contributed by atoms with van der Waals surface area (Å²) in [6, 6.07) is 7.64. The number of para-hydroxylation sites is 1. The second kappa shape index (κ2) is 5.87. The second-order valence-corrected chi connectivity index (χ2v) is 4.64. The zero-order valence-corrected chi connectivity index (χ0v) is 10.7. The van der Waals surface area contributed by atoms with E-state index in [-0.39, 0.29) is 0 Å². The van der Waals surface area contributed by atoms with E-state index in [4.69, 9.17) is 0 Å². The van der Waals surface area contributed by atoms with Gasteiger partial charge in [-0.05, 0) is 18.1 Å². The van der Waals surface area contributed by atoms with Crippen LogP contribution in [0.4, 0.5) is 5.69 Å². The first-order chi connectivity index (χ1) is 8.74. The molecule has 4 nitrogen and oxygen atoms in total. The molecule has 1 heterocycles. The predicted octanol–water partition coefficient (Wildman–Crippen LogP) is 1.85. The van der Waals surface area contributed by atoms with E-state index in [1.807, 2.05) is 30.0 Å². The van der Waals surface area contributed by atoms with E-state index < -0.39 is 12.0 Å². The van der Waals surface area contributed by atoms with Gasteiger partial charge in [0.15, 0.2) is 0 Å². The van der Waals surface area contributed by atoms with Gasteiger partial charge in [0, 0.05) is 25.3 Å². The fraction of sp³-hybridized carbons (Fsp3) is 0.500. The lowest BCUT2D eigenvalue weighted by Crippen LogP contribution is -2.43. The van der Waals surface area contributed by atoms with Gasteiger partial charge in [-0.1, -0.05) is 31.5 Å². The Labute approximate surface area is 108 Å². The summed E-state index contributed by atoms with van der Waals surface area (Å²) in [6.07, 6.45) is 1.56. The maximum Gasteiger partial charge on any atom is 0.326 e. The second-order valence-electron chi connectivity index (χ2n) is 4.64. The maximum absolute atomic E-state index is 11.4. The summed E-state index contributed by atoms with van der Waals surface area (Å²) in [5.74, 6) is -0.728. The summed E-state index contributed by atoms with van der Waals surface area (Å²) >= 11 is 0. The standard InChI is InChI=1S/C14H20N2O2/c1-2-5-13(14(17)18)16-9-8-15-10-11-6-3-4-7-12(11)16/h3-4,6-7,13,15H,2,5,8-10H2,1H3,(H,17,18). The Morgan fingerprint density at radius 1 is 1.50 bits per heavy atom. The number of nitrogens with one attached hydrogen (secondary N) is 1. The summed E-state index contributed by atoms with van der Waals surface area (Å²) in [5, 5.41) is 12.7. The highest BCUT2D eigenvalue weighted by Crippen LogP contribution is 2.25. The third-order valence-electron chi connectivity index (χ3n) is 3.37. The van der Waals surface area contributed by atoms with Gasteiger partial charge in [0.2, 0.25) is 0 Å². The molecule has 0 bridgehead atoms. The zero-order chi connectivity index (χ0) is 13.0. The van der Waals surface area contributed by atoms with Gasteiger partial charge in [0.25, 0.3) is 0 Å². The lowest BCUT2D eigenvalue weighted by molar-refractivity contribution is -0.138. The topological polar surface area (TPSA) is 52.6 Å². The van der Waals surface area contributed by atoms with Gasteiger partial charge < -0.3 is 15.3 Å².